The van der Waals surface area contributed by atoms with E-state index < -0.39 is 21.6 Å². The minimum Gasteiger partial charge on any atom is -0.336 e. The molecule has 1 N–H and O–H groups in total. The van der Waals surface area contributed by atoms with Crippen LogP contribution in [0.15, 0.2) is 29.2 Å². The summed E-state index contributed by atoms with van der Waals surface area (Å²) in [6, 6.07) is 9.07. The molecule has 1 heterocycles. The number of nitrogens with zero attached hydrogens (tertiary/aromatic N) is 3. The standard InChI is InChI=1S/C23H34N4O3S/c1-3-7-20-8-10-21(11-9-20)31(29,30)27-16-14-26(15-17-27)19(2)22(28)25-23(18-24)12-5-4-6-13-23/h8-11,19H,3-7,12-17H2,1-2H3,(H,25,28). The summed E-state index contributed by atoms with van der Waals surface area (Å²) in [4.78, 5) is 15.1. The lowest BCUT2D eigenvalue weighted by Gasteiger charge is -2.38. The van der Waals surface area contributed by atoms with E-state index >= 15 is 0 Å². The van der Waals surface area contributed by atoms with Gasteiger partial charge in [-0.1, -0.05) is 44.7 Å². The third kappa shape index (κ3) is 5.46. The fraction of sp³-hybridized carbons (Fsp3) is 0.652. The van der Waals surface area contributed by atoms with E-state index in [2.05, 4.69) is 18.3 Å². The highest BCUT2D eigenvalue weighted by atomic mass is 32.2. The first-order chi connectivity index (χ1) is 14.8. The normalized spacial score (nSPS) is 21.2. The van der Waals surface area contributed by atoms with Gasteiger partial charge >= 0.3 is 0 Å². The summed E-state index contributed by atoms with van der Waals surface area (Å²) in [6.45, 7) is 5.60. The van der Waals surface area contributed by atoms with Crippen LogP contribution in [0.3, 0.4) is 0 Å². The summed E-state index contributed by atoms with van der Waals surface area (Å²) in [5.41, 5.74) is 0.387. The van der Waals surface area contributed by atoms with Crippen LogP contribution in [0.25, 0.3) is 0 Å². The molecule has 1 saturated carbocycles. The van der Waals surface area contributed by atoms with E-state index in [1.165, 1.54) is 4.31 Å². The number of amides is 1. The zero-order valence-electron chi connectivity index (χ0n) is 18.6. The van der Waals surface area contributed by atoms with E-state index in [4.69, 9.17) is 0 Å². The lowest BCUT2D eigenvalue weighted by atomic mass is 9.82. The molecule has 170 valence electrons. The molecular weight excluding hydrogens is 412 g/mol. The highest BCUT2D eigenvalue weighted by Gasteiger charge is 2.37. The second-order valence-corrected chi connectivity index (χ2v) is 10.7. The molecule has 0 bridgehead atoms. The molecule has 2 fully saturated rings. The van der Waals surface area contributed by atoms with Crippen LogP contribution in [0.1, 0.15) is 57.9 Å². The quantitative estimate of drug-likeness (QED) is 0.695. The molecule has 0 spiro atoms. The third-order valence-corrected chi connectivity index (χ3v) is 8.50. The molecule has 1 amide bonds. The number of hydrogen-bond acceptors (Lipinski definition) is 5. The Morgan fingerprint density at radius 3 is 2.29 bits per heavy atom. The molecule has 1 atom stereocenters. The molecule has 1 saturated heterocycles. The van der Waals surface area contributed by atoms with E-state index in [1.807, 2.05) is 24.0 Å². The van der Waals surface area contributed by atoms with Gasteiger partial charge in [-0.3, -0.25) is 9.69 Å². The molecule has 0 radical (unpaired) electrons. The Morgan fingerprint density at radius 2 is 1.74 bits per heavy atom. The monoisotopic (exact) mass is 446 g/mol. The fourth-order valence-corrected chi connectivity index (χ4v) is 5.95. The van der Waals surface area contributed by atoms with Gasteiger partial charge in [-0.05, 0) is 43.9 Å². The number of carbonyl (C=O) groups excluding carboxylic acids is 1. The minimum absolute atomic E-state index is 0.147. The van der Waals surface area contributed by atoms with Crippen LogP contribution in [0.4, 0.5) is 0 Å². The van der Waals surface area contributed by atoms with Crippen molar-refractivity contribution in [3.63, 3.8) is 0 Å². The molecule has 0 aromatic heterocycles. The summed E-state index contributed by atoms with van der Waals surface area (Å²) in [6.07, 6.45) is 6.38. The Morgan fingerprint density at radius 1 is 1.13 bits per heavy atom. The Kier molecular flexibility index (Phi) is 7.73. The molecule has 1 aliphatic carbocycles. The highest BCUT2D eigenvalue weighted by molar-refractivity contribution is 7.89. The van der Waals surface area contributed by atoms with Gasteiger partial charge in [0.15, 0.2) is 0 Å². The van der Waals surface area contributed by atoms with Crippen molar-refractivity contribution in [3.8, 4) is 6.07 Å². The SMILES string of the molecule is CCCc1ccc(S(=O)(=O)N2CCN(C(C)C(=O)NC3(C#N)CCCCC3)CC2)cc1. The van der Waals surface area contributed by atoms with Crippen LogP contribution >= 0.6 is 0 Å². The number of carbonyl (C=O) groups is 1. The predicted molar refractivity (Wildman–Crippen MR) is 120 cm³/mol. The van der Waals surface area contributed by atoms with E-state index in [-0.39, 0.29) is 5.91 Å². The molecule has 31 heavy (non-hydrogen) atoms. The fourth-order valence-electron chi connectivity index (χ4n) is 4.52. The summed E-state index contributed by atoms with van der Waals surface area (Å²) < 4.78 is 27.5. The molecule has 2 aliphatic rings. The van der Waals surface area contributed by atoms with Crippen LogP contribution in [0, 0.1) is 11.3 Å². The van der Waals surface area contributed by atoms with E-state index in [1.54, 1.807) is 12.1 Å². The van der Waals surface area contributed by atoms with E-state index in [9.17, 15) is 18.5 Å². The molecular formula is C23H34N4O3S. The highest BCUT2D eigenvalue weighted by Crippen LogP contribution is 2.28. The molecule has 3 rings (SSSR count). The van der Waals surface area contributed by atoms with Crippen molar-refractivity contribution in [2.75, 3.05) is 26.2 Å². The van der Waals surface area contributed by atoms with Gasteiger partial charge in [0, 0.05) is 26.2 Å². The number of nitriles is 1. The summed E-state index contributed by atoms with van der Waals surface area (Å²) in [7, 11) is -3.54. The van der Waals surface area contributed by atoms with Crippen LogP contribution in [0.5, 0.6) is 0 Å². The molecule has 8 heteroatoms. The first-order valence-electron chi connectivity index (χ1n) is 11.4. The maximum atomic E-state index is 13.0. The van der Waals surface area contributed by atoms with Crippen LogP contribution in [0.2, 0.25) is 0 Å². The first-order valence-corrected chi connectivity index (χ1v) is 12.8. The summed E-state index contributed by atoms with van der Waals surface area (Å²) in [5.74, 6) is -0.147. The van der Waals surface area contributed by atoms with Crippen LogP contribution < -0.4 is 5.32 Å². The zero-order chi connectivity index (χ0) is 22.5. The van der Waals surface area contributed by atoms with E-state index in [0.717, 1.165) is 37.7 Å². The summed E-state index contributed by atoms with van der Waals surface area (Å²) in [5, 5.41) is 12.6. The van der Waals surface area contributed by atoms with Crippen molar-refractivity contribution in [3.05, 3.63) is 29.8 Å². The largest absolute Gasteiger partial charge is 0.336 e. The molecule has 1 aromatic rings. The van der Waals surface area contributed by atoms with Crippen molar-refractivity contribution < 1.29 is 13.2 Å². The Balaban J connectivity index is 1.58. The van der Waals surface area contributed by atoms with Gasteiger partial charge in [0.2, 0.25) is 15.9 Å². The van der Waals surface area contributed by atoms with Crippen LogP contribution in [-0.2, 0) is 21.2 Å². The maximum absolute atomic E-state index is 13.0. The van der Waals surface area contributed by atoms with Crippen molar-refractivity contribution in [2.24, 2.45) is 0 Å². The lowest BCUT2D eigenvalue weighted by Crippen LogP contribution is -2.58. The van der Waals surface area contributed by atoms with Crippen molar-refractivity contribution >= 4 is 15.9 Å². The number of aryl methyl sites for hydroxylation is 1. The lowest BCUT2D eigenvalue weighted by molar-refractivity contribution is -0.128. The second kappa shape index (κ2) is 10.1. The number of hydrogen-bond donors (Lipinski definition) is 1. The smallest absolute Gasteiger partial charge is 0.243 e. The van der Waals surface area contributed by atoms with Gasteiger partial charge in [-0.25, -0.2) is 8.42 Å². The molecule has 1 aliphatic heterocycles. The van der Waals surface area contributed by atoms with Gasteiger partial charge in [-0.2, -0.15) is 9.57 Å². The number of benzene rings is 1. The van der Waals surface area contributed by atoms with Gasteiger partial charge < -0.3 is 5.32 Å². The molecule has 1 aromatic carbocycles. The van der Waals surface area contributed by atoms with Crippen molar-refractivity contribution in [2.45, 2.75) is 75.3 Å². The first kappa shape index (κ1) is 23.7. The average molecular weight is 447 g/mol. The Hall–Kier alpha value is -1.95. The number of nitrogens with one attached hydrogen (secondary N) is 1. The van der Waals surface area contributed by atoms with Crippen molar-refractivity contribution in [1.82, 2.24) is 14.5 Å². The predicted octanol–water partition coefficient (Wildman–Crippen LogP) is 2.68. The Bertz CT molecular complexity index is 894. The van der Waals surface area contributed by atoms with Gasteiger partial charge in [0.1, 0.15) is 5.54 Å². The Labute approximate surface area is 186 Å². The number of rotatable bonds is 7. The maximum Gasteiger partial charge on any atom is 0.243 e. The topological polar surface area (TPSA) is 93.5 Å². The average Bonchev–Trinajstić information content (AvgIpc) is 2.80. The van der Waals surface area contributed by atoms with Crippen molar-refractivity contribution in [1.29, 1.82) is 5.26 Å². The second-order valence-electron chi connectivity index (χ2n) is 8.75. The number of piperazine rings is 1. The van der Waals surface area contributed by atoms with Gasteiger partial charge in [-0.15, -0.1) is 0 Å². The molecule has 7 nitrogen and oxygen atoms in total. The number of sulfonamides is 1. The van der Waals surface area contributed by atoms with Crippen LogP contribution in [-0.4, -0.2) is 61.3 Å². The minimum atomic E-state index is -3.54. The molecule has 1 unspecified atom stereocenters. The van der Waals surface area contributed by atoms with E-state index in [0.29, 0.717) is 43.9 Å². The zero-order valence-corrected chi connectivity index (χ0v) is 19.5. The summed E-state index contributed by atoms with van der Waals surface area (Å²) >= 11 is 0. The van der Waals surface area contributed by atoms with Gasteiger partial charge in [0.25, 0.3) is 0 Å². The third-order valence-electron chi connectivity index (χ3n) is 6.58. The van der Waals surface area contributed by atoms with Gasteiger partial charge in [0.05, 0.1) is 17.0 Å².